The van der Waals surface area contributed by atoms with Gasteiger partial charge in [-0.05, 0) is 60.7 Å². The summed E-state index contributed by atoms with van der Waals surface area (Å²) < 4.78 is 0. The SMILES string of the molecule is [B]c1ccc(-c2ccc(N(C3=CCC(C)C=C3)c3ccc(C)cc3)cc2)cc1. The smallest absolute Gasteiger partial charge is 0.113 e. The van der Waals surface area contributed by atoms with Crippen molar-refractivity contribution in [3.8, 4) is 11.1 Å². The van der Waals surface area contributed by atoms with Gasteiger partial charge in [0.05, 0.1) is 0 Å². The number of allylic oxidation sites excluding steroid dienone is 3. The lowest BCUT2D eigenvalue weighted by Crippen LogP contribution is -2.17. The van der Waals surface area contributed by atoms with E-state index in [9.17, 15) is 0 Å². The molecular weight excluding hydrogens is 337 g/mol. The minimum absolute atomic E-state index is 0.594. The second kappa shape index (κ2) is 7.94. The second-order valence-electron chi connectivity index (χ2n) is 7.54. The van der Waals surface area contributed by atoms with Gasteiger partial charge in [-0.2, -0.15) is 0 Å². The summed E-state index contributed by atoms with van der Waals surface area (Å²) in [6, 6.07) is 25.5. The Kier molecular flexibility index (Phi) is 5.21. The number of hydrogen-bond acceptors (Lipinski definition) is 1. The molecule has 0 spiro atoms. The van der Waals surface area contributed by atoms with Crippen LogP contribution in [0.25, 0.3) is 11.1 Å². The van der Waals surface area contributed by atoms with Crippen LogP contribution >= 0.6 is 0 Å². The highest BCUT2D eigenvalue weighted by Crippen LogP contribution is 2.34. The van der Waals surface area contributed by atoms with Gasteiger partial charge in [0.25, 0.3) is 0 Å². The molecule has 0 aliphatic heterocycles. The fraction of sp³-hybridized carbons (Fsp3) is 0.154. The summed E-state index contributed by atoms with van der Waals surface area (Å²) >= 11 is 0. The molecule has 2 radical (unpaired) electrons. The maximum absolute atomic E-state index is 5.82. The van der Waals surface area contributed by atoms with Crippen LogP contribution in [0.2, 0.25) is 0 Å². The molecule has 136 valence electrons. The number of aryl methyl sites for hydroxylation is 1. The molecule has 0 amide bonds. The van der Waals surface area contributed by atoms with Crippen molar-refractivity contribution < 1.29 is 0 Å². The Morgan fingerprint density at radius 2 is 1.32 bits per heavy atom. The molecule has 1 aliphatic carbocycles. The topological polar surface area (TPSA) is 3.24 Å². The first kappa shape index (κ1) is 18.4. The molecule has 1 aliphatic rings. The van der Waals surface area contributed by atoms with E-state index < -0.39 is 0 Å². The van der Waals surface area contributed by atoms with Crippen LogP contribution < -0.4 is 10.4 Å². The third-order valence-electron chi connectivity index (χ3n) is 5.21. The van der Waals surface area contributed by atoms with E-state index in [0.717, 1.165) is 17.6 Å². The van der Waals surface area contributed by atoms with Gasteiger partial charge in [-0.3, -0.25) is 0 Å². The van der Waals surface area contributed by atoms with E-state index >= 15 is 0 Å². The van der Waals surface area contributed by atoms with Gasteiger partial charge < -0.3 is 4.90 Å². The summed E-state index contributed by atoms with van der Waals surface area (Å²) in [4.78, 5) is 2.33. The number of anilines is 2. The largest absolute Gasteiger partial charge is 0.311 e. The number of nitrogens with zero attached hydrogens (tertiary/aromatic N) is 1. The van der Waals surface area contributed by atoms with Crippen molar-refractivity contribution in [3.63, 3.8) is 0 Å². The van der Waals surface area contributed by atoms with Gasteiger partial charge in [0, 0.05) is 17.1 Å². The zero-order valence-corrected chi connectivity index (χ0v) is 16.5. The highest BCUT2D eigenvalue weighted by atomic mass is 15.1. The van der Waals surface area contributed by atoms with E-state index in [1.165, 1.54) is 28.1 Å². The normalized spacial score (nSPS) is 15.9. The van der Waals surface area contributed by atoms with Crippen LogP contribution in [0.15, 0.2) is 96.7 Å². The van der Waals surface area contributed by atoms with Crippen molar-refractivity contribution in [1.29, 1.82) is 0 Å². The average molecular weight is 361 g/mol. The molecule has 0 saturated carbocycles. The molecule has 0 saturated heterocycles. The van der Waals surface area contributed by atoms with Crippen LogP contribution in [-0.2, 0) is 0 Å². The standard InChI is InChI=1S/C26H24BN/c1-19-3-13-24(14-4-19)28(25-15-5-20(2)6-16-25)26-17-9-22(10-18-26)21-7-11-23(27)12-8-21/h3-5,7-18,20H,6H2,1-2H3. The van der Waals surface area contributed by atoms with Crippen LogP contribution in [0, 0.1) is 12.8 Å². The van der Waals surface area contributed by atoms with E-state index in [1.807, 2.05) is 12.1 Å². The van der Waals surface area contributed by atoms with Crippen molar-refractivity contribution >= 4 is 24.7 Å². The van der Waals surface area contributed by atoms with Gasteiger partial charge in [0.2, 0.25) is 0 Å². The van der Waals surface area contributed by atoms with Gasteiger partial charge in [-0.15, -0.1) is 0 Å². The van der Waals surface area contributed by atoms with Crippen molar-refractivity contribution in [1.82, 2.24) is 0 Å². The maximum atomic E-state index is 5.82. The summed E-state index contributed by atoms with van der Waals surface area (Å²) in [5.41, 5.74) is 7.98. The highest BCUT2D eigenvalue weighted by Gasteiger charge is 2.15. The first-order valence-corrected chi connectivity index (χ1v) is 9.81. The lowest BCUT2D eigenvalue weighted by atomic mass is 9.93. The molecule has 0 bridgehead atoms. The van der Waals surface area contributed by atoms with Gasteiger partial charge >= 0.3 is 0 Å². The summed E-state index contributed by atoms with van der Waals surface area (Å²) in [6.45, 7) is 4.37. The molecule has 2 heteroatoms. The number of hydrogen-bond donors (Lipinski definition) is 0. The zero-order chi connectivity index (χ0) is 19.5. The van der Waals surface area contributed by atoms with E-state index in [2.05, 4.69) is 97.6 Å². The lowest BCUT2D eigenvalue weighted by Gasteiger charge is -2.28. The zero-order valence-electron chi connectivity index (χ0n) is 16.5. The van der Waals surface area contributed by atoms with Crippen LogP contribution in [0.5, 0.6) is 0 Å². The lowest BCUT2D eigenvalue weighted by molar-refractivity contribution is 0.728. The molecule has 4 rings (SSSR count). The average Bonchev–Trinajstić information content (AvgIpc) is 2.72. The quantitative estimate of drug-likeness (QED) is 0.510. The highest BCUT2D eigenvalue weighted by molar-refractivity contribution is 6.32. The monoisotopic (exact) mass is 361 g/mol. The van der Waals surface area contributed by atoms with E-state index in [1.54, 1.807) is 0 Å². The summed E-state index contributed by atoms with van der Waals surface area (Å²) in [6.07, 6.45) is 7.93. The van der Waals surface area contributed by atoms with Crippen molar-refractivity contribution in [2.24, 2.45) is 5.92 Å². The van der Waals surface area contributed by atoms with Crippen LogP contribution in [-0.4, -0.2) is 7.85 Å². The minimum Gasteiger partial charge on any atom is -0.311 e. The molecule has 0 N–H and O–H groups in total. The molecule has 0 fully saturated rings. The summed E-state index contributed by atoms with van der Waals surface area (Å²) in [5, 5.41) is 0. The van der Waals surface area contributed by atoms with E-state index in [-0.39, 0.29) is 0 Å². The summed E-state index contributed by atoms with van der Waals surface area (Å²) in [5.74, 6) is 0.594. The predicted molar refractivity (Wildman–Crippen MR) is 122 cm³/mol. The Balaban J connectivity index is 1.71. The minimum atomic E-state index is 0.594. The molecule has 28 heavy (non-hydrogen) atoms. The Morgan fingerprint density at radius 3 is 1.86 bits per heavy atom. The molecule has 1 atom stereocenters. The molecule has 0 aromatic heterocycles. The van der Waals surface area contributed by atoms with Gasteiger partial charge in [0.1, 0.15) is 7.85 Å². The van der Waals surface area contributed by atoms with E-state index in [0.29, 0.717) is 5.92 Å². The van der Waals surface area contributed by atoms with E-state index in [4.69, 9.17) is 7.85 Å². The molecule has 3 aromatic carbocycles. The molecule has 3 aromatic rings. The Hall–Kier alpha value is -3.00. The van der Waals surface area contributed by atoms with Crippen LogP contribution in [0.3, 0.4) is 0 Å². The third-order valence-corrected chi connectivity index (χ3v) is 5.21. The maximum Gasteiger partial charge on any atom is 0.113 e. The Morgan fingerprint density at radius 1 is 0.786 bits per heavy atom. The van der Waals surface area contributed by atoms with Crippen molar-refractivity contribution in [3.05, 3.63) is 102 Å². The van der Waals surface area contributed by atoms with Crippen LogP contribution in [0.1, 0.15) is 18.9 Å². The number of rotatable bonds is 4. The molecule has 1 unspecified atom stereocenters. The molecule has 1 nitrogen and oxygen atoms in total. The van der Waals surface area contributed by atoms with Gasteiger partial charge in [0.15, 0.2) is 0 Å². The molecular formula is C26H24BN. The number of benzene rings is 3. The van der Waals surface area contributed by atoms with Crippen LogP contribution in [0.4, 0.5) is 11.4 Å². The van der Waals surface area contributed by atoms with Crippen molar-refractivity contribution in [2.75, 3.05) is 4.90 Å². The predicted octanol–water partition coefficient (Wildman–Crippen LogP) is 6.07. The third kappa shape index (κ3) is 3.96. The molecule has 0 heterocycles. The van der Waals surface area contributed by atoms with Gasteiger partial charge in [-0.1, -0.05) is 78.6 Å². The van der Waals surface area contributed by atoms with Gasteiger partial charge in [-0.25, -0.2) is 0 Å². The Bertz CT molecular complexity index is 996. The second-order valence-corrected chi connectivity index (χ2v) is 7.54. The first-order chi connectivity index (χ1) is 13.6. The fourth-order valence-electron chi connectivity index (χ4n) is 3.50. The summed E-state index contributed by atoms with van der Waals surface area (Å²) in [7, 11) is 5.82. The Labute approximate surface area is 169 Å². The fourth-order valence-corrected chi connectivity index (χ4v) is 3.50. The first-order valence-electron chi connectivity index (χ1n) is 9.81. The van der Waals surface area contributed by atoms with Crippen molar-refractivity contribution in [2.45, 2.75) is 20.3 Å².